The Balaban J connectivity index is 1.65. The van der Waals surface area contributed by atoms with Crippen molar-refractivity contribution in [3.63, 3.8) is 0 Å². The number of amides is 1. The Morgan fingerprint density at radius 3 is 2.67 bits per heavy atom. The van der Waals surface area contributed by atoms with Crippen LogP contribution in [0.2, 0.25) is 0 Å². The quantitative estimate of drug-likeness (QED) is 0.703. The summed E-state index contributed by atoms with van der Waals surface area (Å²) in [4.78, 5) is 14.2. The summed E-state index contributed by atoms with van der Waals surface area (Å²) in [5.74, 6) is 1.06. The predicted molar refractivity (Wildman–Crippen MR) is 95.1 cm³/mol. The van der Waals surface area contributed by atoms with E-state index in [1.165, 1.54) is 5.56 Å². The van der Waals surface area contributed by atoms with Gasteiger partial charge in [-0.1, -0.05) is 19.1 Å². The summed E-state index contributed by atoms with van der Waals surface area (Å²) in [5.41, 5.74) is 7.12. The van der Waals surface area contributed by atoms with E-state index in [1.807, 2.05) is 17.0 Å². The molecule has 1 unspecified atom stereocenters. The number of nitrogens with two attached hydrogens (primary N) is 1. The maximum Gasteiger partial charge on any atom is 0.222 e. The number of ether oxygens (including phenoxy) is 2. The van der Waals surface area contributed by atoms with Crippen LogP contribution in [0.25, 0.3) is 0 Å². The summed E-state index contributed by atoms with van der Waals surface area (Å²) in [6.07, 6.45) is 3.18. The molecule has 1 atom stereocenters. The molecule has 0 aliphatic carbocycles. The van der Waals surface area contributed by atoms with Crippen LogP contribution < -0.4 is 10.5 Å². The topological polar surface area (TPSA) is 64.8 Å². The molecule has 5 heteroatoms. The Bertz CT molecular complexity index is 518. The third-order valence-electron chi connectivity index (χ3n) is 4.73. The van der Waals surface area contributed by atoms with Crippen LogP contribution in [0.5, 0.6) is 5.75 Å². The van der Waals surface area contributed by atoms with E-state index < -0.39 is 0 Å². The molecule has 1 aliphatic rings. The largest absolute Gasteiger partial charge is 0.494 e. The number of nitrogens with zero attached hydrogens (tertiary/aromatic N) is 1. The van der Waals surface area contributed by atoms with Crippen molar-refractivity contribution in [2.75, 3.05) is 40.0 Å². The lowest BCUT2D eigenvalue weighted by molar-refractivity contribution is -0.130. The van der Waals surface area contributed by atoms with Crippen molar-refractivity contribution in [2.24, 2.45) is 11.1 Å². The minimum absolute atomic E-state index is 0.0940. The highest BCUT2D eigenvalue weighted by molar-refractivity contribution is 5.76. The molecule has 1 aliphatic heterocycles. The zero-order chi connectivity index (χ0) is 17.4. The van der Waals surface area contributed by atoms with Gasteiger partial charge in [0.25, 0.3) is 0 Å². The lowest BCUT2D eigenvalue weighted by atomic mass is 9.90. The second kappa shape index (κ2) is 9.04. The van der Waals surface area contributed by atoms with E-state index in [4.69, 9.17) is 15.2 Å². The van der Waals surface area contributed by atoms with E-state index in [0.717, 1.165) is 44.7 Å². The lowest BCUT2D eigenvalue weighted by Crippen LogP contribution is -2.34. The zero-order valence-corrected chi connectivity index (χ0v) is 14.9. The van der Waals surface area contributed by atoms with Gasteiger partial charge in [-0.25, -0.2) is 0 Å². The molecule has 24 heavy (non-hydrogen) atoms. The lowest BCUT2D eigenvalue weighted by Gasteiger charge is -2.22. The van der Waals surface area contributed by atoms with Gasteiger partial charge in [-0.05, 0) is 48.9 Å². The average Bonchev–Trinajstić information content (AvgIpc) is 3.01. The molecule has 1 fully saturated rings. The van der Waals surface area contributed by atoms with E-state index in [1.54, 1.807) is 7.11 Å². The van der Waals surface area contributed by atoms with Crippen molar-refractivity contribution < 1.29 is 14.3 Å². The fourth-order valence-electron chi connectivity index (χ4n) is 2.95. The van der Waals surface area contributed by atoms with E-state index in [2.05, 4.69) is 19.1 Å². The number of methoxy groups -OCH3 is 1. The van der Waals surface area contributed by atoms with E-state index in [9.17, 15) is 4.79 Å². The van der Waals surface area contributed by atoms with Gasteiger partial charge in [0.05, 0.1) is 13.2 Å². The second-order valence-corrected chi connectivity index (χ2v) is 6.92. The van der Waals surface area contributed by atoms with Gasteiger partial charge >= 0.3 is 0 Å². The molecule has 0 saturated carbocycles. The summed E-state index contributed by atoms with van der Waals surface area (Å²) in [7, 11) is 1.71. The van der Waals surface area contributed by atoms with Crippen LogP contribution in [-0.2, 0) is 16.0 Å². The Morgan fingerprint density at radius 1 is 1.29 bits per heavy atom. The van der Waals surface area contributed by atoms with Gasteiger partial charge in [-0.15, -0.1) is 0 Å². The number of hydrogen-bond acceptors (Lipinski definition) is 4. The minimum Gasteiger partial charge on any atom is -0.494 e. The van der Waals surface area contributed by atoms with Gasteiger partial charge in [0.2, 0.25) is 5.91 Å². The van der Waals surface area contributed by atoms with E-state index >= 15 is 0 Å². The monoisotopic (exact) mass is 334 g/mol. The van der Waals surface area contributed by atoms with Crippen LogP contribution in [-0.4, -0.2) is 50.8 Å². The third kappa shape index (κ3) is 5.49. The molecule has 1 saturated heterocycles. The van der Waals surface area contributed by atoms with Crippen LogP contribution in [0.3, 0.4) is 0 Å². The number of benzene rings is 1. The maximum atomic E-state index is 12.2. The first-order valence-corrected chi connectivity index (χ1v) is 8.75. The molecule has 1 amide bonds. The molecule has 0 aromatic heterocycles. The molecular formula is C19H30N2O3. The Labute approximate surface area is 145 Å². The number of carbonyl (C=O) groups is 1. The summed E-state index contributed by atoms with van der Waals surface area (Å²) >= 11 is 0. The summed E-state index contributed by atoms with van der Waals surface area (Å²) < 4.78 is 10.8. The maximum absolute atomic E-state index is 12.2. The molecule has 1 aromatic rings. The smallest absolute Gasteiger partial charge is 0.222 e. The molecular weight excluding hydrogens is 304 g/mol. The fraction of sp³-hybridized carbons (Fsp3) is 0.632. The number of rotatable bonds is 9. The Kier molecular flexibility index (Phi) is 7.06. The number of likely N-dealkylation sites (tertiary alicyclic amines) is 1. The highest BCUT2D eigenvalue weighted by Crippen LogP contribution is 2.28. The summed E-state index contributed by atoms with van der Waals surface area (Å²) in [5, 5.41) is 0. The van der Waals surface area contributed by atoms with Crippen LogP contribution in [0, 0.1) is 5.41 Å². The van der Waals surface area contributed by atoms with Crippen molar-refractivity contribution in [1.29, 1.82) is 0 Å². The second-order valence-electron chi connectivity index (χ2n) is 6.92. The third-order valence-corrected chi connectivity index (χ3v) is 4.73. The van der Waals surface area contributed by atoms with Crippen molar-refractivity contribution in [3.8, 4) is 5.75 Å². The van der Waals surface area contributed by atoms with Gasteiger partial charge < -0.3 is 20.1 Å². The van der Waals surface area contributed by atoms with Gasteiger partial charge in [0.1, 0.15) is 5.75 Å². The van der Waals surface area contributed by atoms with E-state index in [0.29, 0.717) is 19.6 Å². The van der Waals surface area contributed by atoms with Crippen LogP contribution in [0.15, 0.2) is 24.3 Å². The summed E-state index contributed by atoms with van der Waals surface area (Å²) in [6.45, 7) is 5.69. The van der Waals surface area contributed by atoms with Crippen LogP contribution in [0.1, 0.15) is 31.7 Å². The molecule has 0 radical (unpaired) electrons. The predicted octanol–water partition coefficient (Wildman–Crippen LogP) is 2.23. The van der Waals surface area contributed by atoms with Gasteiger partial charge in [0.15, 0.2) is 0 Å². The fourth-order valence-corrected chi connectivity index (χ4v) is 2.95. The summed E-state index contributed by atoms with van der Waals surface area (Å²) in [6, 6.07) is 8.05. The SMILES string of the molecule is COCCc1ccc(OCCCC(=O)N2CCC(C)(CN)C2)cc1. The van der Waals surface area contributed by atoms with Crippen molar-refractivity contribution in [3.05, 3.63) is 29.8 Å². The minimum atomic E-state index is 0.0940. The Morgan fingerprint density at radius 2 is 2.04 bits per heavy atom. The molecule has 1 heterocycles. The highest BCUT2D eigenvalue weighted by Gasteiger charge is 2.34. The molecule has 2 N–H and O–H groups in total. The zero-order valence-electron chi connectivity index (χ0n) is 14.9. The first-order valence-electron chi connectivity index (χ1n) is 8.75. The van der Waals surface area contributed by atoms with Gasteiger partial charge in [-0.2, -0.15) is 0 Å². The van der Waals surface area contributed by atoms with Crippen molar-refractivity contribution in [1.82, 2.24) is 4.90 Å². The molecule has 0 spiro atoms. The molecule has 1 aromatic carbocycles. The molecule has 134 valence electrons. The number of hydrogen-bond donors (Lipinski definition) is 1. The van der Waals surface area contributed by atoms with Crippen LogP contribution >= 0.6 is 0 Å². The molecule has 0 bridgehead atoms. The average molecular weight is 334 g/mol. The van der Waals surface area contributed by atoms with Crippen molar-refractivity contribution in [2.45, 2.75) is 32.6 Å². The standard InChI is InChI=1S/C19H30N2O3/c1-19(14-20)10-11-21(15-19)18(22)4-3-12-24-17-7-5-16(6-8-17)9-13-23-2/h5-8H,3-4,9-15,20H2,1-2H3. The molecule has 5 nitrogen and oxygen atoms in total. The Hall–Kier alpha value is -1.59. The van der Waals surface area contributed by atoms with Crippen molar-refractivity contribution >= 4 is 5.91 Å². The number of carbonyl (C=O) groups excluding carboxylic acids is 1. The molecule has 2 rings (SSSR count). The van der Waals surface area contributed by atoms with E-state index in [-0.39, 0.29) is 11.3 Å². The first kappa shape index (κ1) is 18.7. The first-order chi connectivity index (χ1) is 11.6. The van der Waals surface area contributed by atoms with Gasteiger partial charge in [-0.3, -0.25) is 4.79 Å². The van der Waals surface area contributed by atoms with Crippen LogP contribution in [0.4, 0.5) is 0 Å². The highest BCUT2D eigenvalue weighted by atomic mass is 16.5. The normalized spacial score (nSPS) is 20.4. The van der Waals surface area contributed by atoms with Gasteiger partial charge in [0, 0.05) is 26.6 Å².